The number of hydrogen-bond donors (Lipinski definition) is 1. The molecule has 1 aromatic carbocycles. The second-order valence-corrected chi connectivity index (χ2v) is 8.68. The fourth-order valence-corrected chi connectivity index (χ4v) is 4.39. The number of aromatic nitrogens is 3. The van der Waals surface area contributed by atoms with Crippen molar-refractivity contribution in [3.63, 3.8) is 0 Å². The lowest BCUT2D eigenvalue weighted by Gasteiger charge is -2.27. The number of likely N-dealkylation sites (tertiary alicyclic amines) is 1. The molecule has 36 heavy (non-hydrogen) atoms. The third-order valence-electron chi connectivity index (χ3n) is 6.20. The number of piperidine rings is 1. The van der Waals surface area contributed by atoms with Gasteiger partial charge in [0.2, 0.25) is 5.91 Å². The van der Waals surface area contributed by atoms with Gasteiger partial charge in [0.1, 0.15) is 12.2 Å². The van der Waals surface area contributed by atoms with E-state index >= 15 is 0 Å². The van der Waals surface area contributed by atoms with Gasteiger partial charge in [-0.2, -0.15) is 0 Å². The second-order valence-electron chi connectivity index (χ2n) is 8.68. The summed E-state index contributed by atoms with van der Waals surface area (Å²) in [5.41, 5.74) is -0.495. The van der Waals surface area contributed by atoms with Gasteiger partial charge in [0, 0.05) is 25.8 Å². The Kier molecular flexibility index (Phi) is 7.00. The molecule has 0 radical (unpaired) electrons. The molecule has 11 heteroatoms. The SMILES string of the molecule is COC(=O)c1ccccc1NC(=O)Cn1c(=O)c2c(C(=O)N3CCCCC3)cc(C)nc2n(C)c1=O. The molecule has 0 bridgehead atoms. The number of hydrogen-bond acceptors (Lipinski definition) is 7. The first-order chi connectivity index (χ1) is 17.2. The van der Waals surface area contributed by atoms with Crippen molar-refractivity contribution in [2.45, 2.75) is 32.7 Å². The number of carbonyl (C=O) groups is 3. The Morgan fingerprint density at radius 3 is 2.44 bits per heavy atom. The summed E-state index contributed by atoms with van der Waals surface area (Å²) in [4.78, 5) is 70.8. The molecule has 1 N–H and O–H groups in total. The lowest BCUT2D eigenvalue weighted by Crippen LogP contribution is -2.43. The van der Waals surface area contributed by atoms with Crippen LogP contribution in [0, 0.1) is 6.92 Å². The van der Waals surface area contributed by atoms with Gasteiger partial charge in [-0.3, -0.25) is 23.5 Å². The van der Waals surface area contributed by atoms with E-state index in [2.05, 4.69) is 10.3 Å². The minimum atomic E-state index is -0.780. The van der Waals surface area contributed by atoms with Gasteiger partial charge in [-0.25, -0.2) is 14.6 Å². The van der Waals surface area contributed by atoms with E-state index in [1.54, 1.807) is 30.0 Å². The number of carbonyl (C=O) groups excluding carboxylic acids is 3. The molecule has 0 atom stereocenters. The molecule has 4 rings (SSSR count). The fraction of sp³-hybridized carbons (Fsp3) is 0.360. The third kappa shape index (κ3) is 4.64. The predicted octanol–water partition coefficient (Wildman–Crippen LogP) is 1.46. The Bertz CT molecular complexity index is 1480. The monoisotopic (exact) mass is 493 g/mol. The normalized spacial score (nSPS) is 13.5. The highest BCUT2D eigenvalue weighted by molar-refractivity contribution is 6.05. The largest absolute Gasteiger partial charge is 0.465 e. The second kappa shape index (κ2) is 10.1. The van der Waals surface area contributed by atoms with Crippen LogP contribution in [0.15, 0.2) is 39.9 Å². The van der Waals surface area contributed by atoms with Crippen LogP contribution in [0.4, 0.5) is 5.69 Å². The van der Waals surface area contributed by atoms with Crippen LogP contribution in [-0.2, 0) is 23.1 Å². The lowest BCUT2D eigenvalue weighted by molar-refractivity contribution is -0.116. The molecule has 2 aromatic heterocycles. The highest BCUT2D eigenvalue weighted by Gasteiger charge is 2.25. The minimum absolute atomic E-state index is 0.0129. The van der Waals surface area contributed by atoms with Crippen molar-refractivity contribution in [2.24, 2.45) is 7.05 Å². The van der Waals surface area contributed by atoms with Crippen LogP contribution >= 0.6 is 0 Å². The predicted molar refractivity (Wildman–Crippen MR) is 132 cm³/mol. The number of esters is 1. The number of para-hydroxylation sites is 1. The number of aryl methyl sites for hydroxylation is 2. The van der Waals surface area contributed by atoms with Gasteiger partial charge in [-0.1, -0.05) is 12.1 Å². The number of methoxy groups -OCH3 is 1. The van der Waals surface area contributed by atoms with Crippen LogP contribution in [0.5, 0.6) is 0 Å². The van der Waals surface area contributed by atoms with Crippen molar-refractivity contribution in [2.75, 3.05) is 25.5 Å². The molecule has 2 amide bonds. The van der Waals surface area contributed by atoms with Gasteiger partial charge in [0.15, 0.2) is 0 Å². The molecule has 3 heterocycles. The van der Waals surface area contributed by atoms with E-state index < -0.39 is 29.7 Å². The topological polar surface area (TPSA) is 133 Å². The van der Waals surface area contributed by atoms with Crippen LogP contribution in [0.3, 0.4) is 0 Å². The fourth-order valence-electron chi connectivity index (χ4n) is 4.39. The summed E-state index contributed by atoms with van der Waals surface area (Å²) in [6.07, 6.45) is 2.79. The van der Waals surface area contributed by atoms with Crippen LogP contribution in [0.25, 0.3) is 11.0 Å². The van der Waals surface area contributed by atoms with Gasteiger partial charge < -0.3 is 15.0 Å². The van der Waals surface area contributed by atoms with Crippen molar-refractivity contribution in [1.29, 1.82) is 0 Å². The van der Waals surface area contributed by atoms with E-state index in [0.29, 0.717) is 18.8 Å². The summed E-state index contributed by atoms with van der Waals surface area (Å²) < 4.78 is 6.66. The number of pyridine rings is 1. The number of ether oxygens (including phenoxy) is 1. The minimum Gasteiger partial charge on any atom is -0.465 e. The molecular weight excluding hydrogens is 466 g/mol. The molecule has 1 saturated heterocycles. The molecule has 1 aliphatic heterocycles. The maximum atomic E-state index is 13.5. The maximum absolute atomic E-state index is 13.5. The third-order valence-corrected chi connectivity index (χ3v) is 6.20. The van der Waals surface area contributed by atoms with Gasteiger partial charge in [0.05, 0.1) is 29.3 Å². The van der Waals surface area contributed by atoms with Gasteiger partial charge in [0.25, 0.3) is 11.5 Å². The first-order valence-electron chi connectivity index (χ1n) is 11.6. The zero-order valence-corrected chi connectivity index (χ0v) is 20.4. The zero-order valence-electron chi connectivity index (χ0n) is 20.4. The van der Waals surface area contributed by atoms with E-state index in [4.69, 9.17) is 4.74 Å². The zero-order chi connectivity index (χ0) is 26.0. The van der Waals surface area contributed by atoms with Gasteiger partial charge >= 0.3 is 11.7 Å². The molecule has 0 aliphatic carbocycles. The van der Waals surface area contributed by atoms with Crippen LogP contribution in [-0.4, -0.2) is 57.0 Å². The number of anilines is 1. The average Bonchev–Trinajstić information content (AvgIpc) is 2.89. The number of nitrogens with zero attached hydrogens (tertiary/aromatic N) is 4. The van der Waals surface area contributed by atoms with E-state index in [0.717, 1.165) is 28.4 Å². The Labute approximate surface area is 206 Å². The lowest BCUT2D eigenvalue weighted by atomic mass is 10.1. The molecule has 3 aromatic rings. The highest BCUT2D eigenvalue weighted by Crippen LogP contribution is 2.19. The molecule has 0 unspecified atom stereocenters. The van der Waals surface area contributed by atoms with Crippen LogP contribution in [0.2, 0.25) is 0 Å². The number of amides is 2. The average molecular weight is 494 g/mol. The van der Waals surface area contributed by atoms with Crippen LogP contribution < -0.4 is 16.6 Å². The highest BCUT2D eigenvalue weighted by atomic mass is 16.5. The molecule has 1 aliphatic rings. The van der Waals surface area contributed by atoms with E-state index in [1.165, 1.54) is 26.3 Å². The van der Waals surface area contributed by atoms with Crippen LogP contribution in [0.1, 0.15) is 45.7 Å². The summed E-state index contributed by atoms with van der Waals surface area (Å²) in [5.74, 6) is -1.65. The Morgan fingerprint density at radius 2 is 1.75 bits per heavy atom. The van der Waals surface area contributed by atoms with Crippen molar-refractivity contribution < 1.29 is 19.1 Å². The molecule has 0 spiro atoms. The summed E-state index contributed by atoms with van der Waals surface area (Å²) in [7, 11) is 2.66. The molecule has 188 valence electrons. The smallest absolute Gasteiger partial charge is 0.339 e. The van der Waals surface area contributed by atoms with Crippen molar-refractivity contribution in [3.8, 4) is 0 Å². The standard InChI is InChI=1S/C25H27N5O6/c1-15-13-17(22(32)29-11-7-4-8-12-29)20-21(26-15)28(2)25(35)30(23(20)33)14-19(31)27-18-10-6-5-9-16(18)24(34)36-3/h5-6,9-10,13H,4,7-8,11-12,14H2,1-3H3,(H,27,31). The van der Waals surface area contributed by atoms with E-state index in [-0.39, 0.29) is 33.8 Å². The van der Waals surface area contributed by atoms with Crippen molar-refractivity contribution in [1.82, 2.24) is 19.0 Å². The summed E-state index contributed by atoms with van der Waals surface area (Å²) >= 11 is 0. The number of rotatable bonds is 5. The maximum Gasteiger partial charge on any atom is 0.339 e. The summed E-state index contributed by atoms with van der Waals surface area (Å²) in [5, 5.41) is 2.54. The quantitative estimate of drug-likeness (QED) is 0.532. The first-order valence-corrected chi connectivity index (χ1v) is 11.6. The summed E-state index contributed by atoms with van der Waals surface area (Å²) in [6.45, 7) is 2.24. The molecular formula is C25H27N5O6. The Balaban J connectivity index is 1.76. The molecule has 0 saturated carbocycles. The number of nitrogens with one attached hydrogen (secondary N) is 1. The first kappa shape index (κ1) is 24.8. The van der Waals surface area contributed by atoms with Gasteiger partial charge in [-0.05, 0) is 44.4 Å². The molecule has 11 nitrogen and oxygen atoms in total. The van der Waals surface area contributed by atoms with E-state index in [1.807, 2.05) is 0 Å². The number of benzene rings is 1. The Hall–Kier alpha value is -4.28. The molecule has 1 fully saturated rings. The van der Waals surface area contributed by atoms with Crippen molar-refractivity contribution >= 4 is 34.5 Å². The van der Waals surface area contributed by atoms with Crippen molar-refractivity contribution in [3.05, 3.63) is 68.0 Å². The number of fused-ring (bicyclic) bond motifs is 1. The Morgan fingerprint density at radius 1 is 1.06 bits per heavy atom. The summed E-state index contributed by atoms with van der Waals surface area (Å²) in [6, 6.07) is 7.77. The van der Waals surface area contributed by atoms with E-state index in [9.17, 15) is 24.0 Å². The van der Waals surface area contributed by atoms with Gasteiger partial charge in [-0.15, -0.1) is 0 Å².